The highest BCUT2D eigenvalue weighted by Crippen LogP contribution is 2.38. The number of nitrogens with zero attached hydrogens (tertiary/aromatic N) is 2. The lowest BCUT2D eigenvalue weighted by Gasteiger charge is -2.14. The summed E-state index contributed by atoms with van der Waals surface area (Å²) in [5, 5.41) is 11.0. The molecular weight excluding hydrogens is 373 g/mol. The van der Waals surface area contributed by atoms with Crippen molar-refractivity contribution in [3.8, 4) is 17.3 Å². The third-order valence-electron chi connectivity index (χ3n) is 3.86. The number of hydrogen-bond acceptors (Lipinski definition) is 4. The minimum absolute atomic E-state index is 0.0554. The van der Waals surface area contributed by atoms with Gasteiger partial charge in [-0.2, -0.15) is 18.4 Å². The summed E-state index contributed by atoms with van der Waals surface area (Å²) in [6.45, 7) is 1.33. The fourth-order valence-corrected chi connectivity index (χ4v) is 3.43. The van der Waals surface area contributed by atoms with Gasteiger partial charge < -0.3 is 0 Å². The number of hydrogen-bond donors (Lipinski definition) is 0. The Balaban J connectivity index is 2.20. The lowest BCUT2D eigenvalue weighted by atomic mass is 10.0. The summed E-state index contributed by atoms with van der Waals surface area (Å²) in [5.41, 5.74) is -0.987. The lowest BCUT2D eigenvalue weighted by Crippen LogP contribution is -2.11. The van der Waals surface area contributed by atoms with Crippen molar-refractivity contribution < 1.29 is 18.0 Å². The number of aromatic nitrogens is 1. The van der Waals surface area contributed by atoms with Crippen molar-refractivity contribution in [2.45, 2.75) is 18.1 Å². The molecule has 1 aromatic heterocycles. The number of nitriles is 1. The molecule has 2 aromatic carbocycles. The van der Waals surface area contributed by atoms with Gasteiger partial charge in [0.1, 0.15) is 16.9 Å². The van der Waals surface area contributed by atoms with Crippen LogP contribution in [-0.2, 0) is 11.0 Å². The van der Waals surface area contributed by atoms with Crippen LogP contribution in [0.2, 0.25) is 0 Å². The lowest BCUT2D eigenvalue weighted by molar-refractivity contribution is -0.138. The maximum Gasteiger partial charge on any atom is 0.417 e. The predicted molar refractivity (Wildman–Crippen MR) is 98.3 cm³/mol. The first-order valence-corrected chi connectivity index (χ1v) is 8.92. The van der Waals surface area contributed by atoms with Gasteiger partial charge in [-0.05, 0) is 29.8 Å². The SMILES string of the molecule is CC(=O)CSc1nc(-c2ccc3ccccc3c2)cc(C(F)(F)F)c1C#N. The summed E-state index contributed by atoms with van der Waals surface area (Å²) in [5.74, 6) is -0.268. The van der Waals surface area contributed by atoms with Gasteiger partial charge in [0, 0.05) is 5.56 Å². The van der Waals surface area contributed by atoms with E-state index in [1.54, 1.807) is 24.3 Å². The molecule has 0 saturated heterocycles. The maximum absolute atomic E-state index is 13.5. The fraction of sp³-hybridized carbons (Fsp3) is 0.150. The Labute approximate surface area is 157 Å². The van der Waals surface area contributed by atoms with Crippen molar-refractivity contribution in [2.75, 3.05) is 5.75 Å². The number of halogens is 3. The van der Waals surface area contributed by atoms with Crippen LogP contribution in [0, 0.1) is 11.3 Å². The third kappa shape index (κ3) is 4.12. The van der Waals surface area contributed by atoms with E-state index in [0.29, 0.717) is 5.56 Å². The highest BCUT2D eigenvalue weighted by atomic mass is 32.2. The van der Waals surface area contributed by atoms with Crippen LogP contribution in [0.25, 0.3) is 22.0 Å². The molecule has 0 spiro atoms. The zero-order valence-electron chi connectivity index (χ0n) is 14.2. The Kier molecular flexibility index (Phi) is 5.19. The summed E-state index contributed by atoms with van der Waals surface area (Å²) < 4.78 is 40.5. The van der Waals surface area contributed by atoms with E-state index < -0.39 is 17.3 Å². The van der Waals surface area contributed by atoms with Crippen LogP contribution in [0.3, 0.4) is 0 Å². The molecule has 0 unspecified atom stereocenters. The summed E-state index contributed by atoms with van der Waals surface area (Å²) in [6, 6.07) is 15.2. The Morgan fingerprint density at radius 1 is 1.15 bits per heavy atom. The molecule has 27 heavy (non-hydrogen) atoms. The van der Waals surface area contributed by atoms with E-state index in [-0.39, 0.29) is 22.3 Å². The molecule has 0 aliphatic heterocycles. The molecule has 0 radical (unpaired) electrons. The minimum Gasteiger partial charge on any atom is -0.299 e. The number of carbonyl (C=O) groups is 1. The first-order valence-electron chi connectivity index (χ1n) is 7.93. The zero-order chi connectivity index (χ0) is 19.6. The van der Waals surface area contributed by atoms with Gasteiger partial charge in [-0.3, -0.25) is 4.79 Å². The van der Waals surface area contributed by atoms with Crippen molar-refractivity contribution in [1.82, 2.24) is 4.98 Å². The number of fused-ring (bicyclic) bond motifs is 1. The average Bonchev–Trinajstić information content (AvgIpc) is 2.64. The van der Waals surface area contributed by atoms with Crippen molar-refractivity contribution in [3.05, 3.63) is 59.7 Å². The summed E-state index contributed by atoms with van der Waals surface area (Å²) in [6.07, 6.45) is -4.70. The molecule has 0 bridgehead atoms. The van der Waals surface area contributed by atoms with E-state index in [0.717, 1.165) is 28.6 Å². The second-order valence-corrected chi connectivity index (χ2v) is 6.86. The molecule has 0 aliphatic carbocycles. The number of alkyl halides is 3. The van der Waals surface area contributed by atoms with Gasteiger partial charge in [-0.15, -0.1) is 0 Å². The van der Waals surface area contributed by atoms with Gasteiger partial charge in [0.15, 0.2) is 0 Å². The average molecular weight is 386 g/mol. The van der Waals surface area contributed by atoms with E-state index in [9.17, 15) is 23.2 Å². The monoisotopic (exact) mass is 386 g/mol. The molecule has 0 saturated carbocycles. The van der Waals surface area contributed by atoms with Gasteiger partial charge in [-0.25, -0.2) is 4.98 Å². The number of thioether (sulfide) groups is 1. The van der Waals surface area contributed by atoms with E-state index in [1.165, 1.54) is 6.92 Å². The van der Waals surface area contributed by atoms with Crippen LogP contribution >= 0.6 is 11.8 Å². The van der Waals surface area contributed by atoms with Gasteiger partial charge in [0.2, 0.25) is 0 Å². The van der Waals surface area contributed by atoms with Gasteiger partial charge in [0.25, 0.3) is 0 Å². The number of ketones is 1. The number of rotatable bonds is 4. The standard InChI is InChI=1S/C20H13F3N2OS/c1-12(26)11-27-19-16(10-24)17(20(21,22)23)9-18(25-19)15-7-6-13-4-2-3-5-14(13)8-15/h2-9H,11H2,1H3. The third-order valence-corrected chi connectivity index (χ3v) is 4.98. The highest BCUT2D eigenvalue weighted by Gasteiger charge is 2.36. The number of benzene rings is 2. The Hall–Kier alpha value is -2.85. The number of pyridine rings is 1. The number of carbonyl (C=O) groups excluding carboxylic acids is 1. The van der Waals surface area contributed by atoms with Crippen LogP contribution in [0.1, 0.15) is 18.1 Å². The molecule has 0 amide bonds. The number of Topliss-reactive ketones (excluding diaryl/α,β-unsaturated/α-hetero) is 1. The second kappa shape index (κ2) is 7.41. The first-order chi connectivity index (χ1) is 12.8. The Bertz CT molecular complexity index is 1070. The summed E-state index contributed by atoms with van der Waals surface area (Å²) in [4.78, 5) is 15.5. The molecule has 3 aromatic rings. The van der Waals surface area contributed by atoms with Crippen LogP contribution in [0.15, 0.2) is 53.6 Å². The predicted octanol–water partition coefficient (Wildman–Crippen LogP) is 5.47. The van der Waals surface area contributed by atoms with Crippen molar-refractivity contribution in [1.29, 1.82) is 5.26 Å². The highest BCUT2D eigenvalue weighted by molar-refractivity contribution is 8.00. The summed E-state index contributed by atoms with van der Waals surface area (Å²) in [7, 11) is 0. The smallest absolute Gasteiger partial charge is 0.299 e. The van der Waals surface area contributed by atoms with Crippen LogP contribution in [-0.4, -0.2) is 16.5 Å². The molecule has 1 heterocycles. The molecule has 0 atom stereocenters. The first kappa shape index (κ1) is 18.9. The Morgan fingerprint density at radius 2 is 1.85 bits per heavy atom. The molecule has 0 fully saturated rings. The van der Waals surface area contributed by atoms with Gasteiger partial charge >= 0.3 is 6.18 Å². The summed E-state index contributed by atoms with van der Waals surface area (Å²) >= 11 is 0.839. The second-order valence-electron chi connectivity index (χ2n) is 5.90. The molecule has 136 valence electrons. The topological polar surface area (TPSA) is 53.8 Å². The van der Waals surface area contributed by atoms with E-state index in [4.69, 9.17) is 0 Å². The van der Waals surface area contributed by atoms with Gasteiger partial charge in [-0.1, -0.05) is 48.2 Å². The maximum atomic E-state index is 13.5. The van der Waals surface area contributed by atoms with Crippen molar-refractivity contribution in [2.24, 2.45) is 0 Å². The normalized spacial score (nSPS) is 11.4. The van der Waals surface area contributed by atoms with E-state index in [1.807, 2.05) is 24.3 Å². The fourth-order valence-electron chi connectivity index (χ4n) is 2.62. The van der Waals surface area contributed by atoms with E-state index in [2.05, 4.69) is 4.98 Å². The minimum atomic E-state index is -4.70. The van der Waals surface area contributed by atoms with Crippen LogP contribution in [0.5, 0.6) is 0 Å². The molecule has 3 rings (SSSR count). The van der Waals surface area contributed by atoms with Crippen LogP contribution < -0.4 is 0 Å². The quantitative estimate of drug-likeness (QED) is 0.558. The largest absolute Gasteiger partial charge is 0.417 e. The molecular formula is C20H13F3N2OS. The van der Waals surface area contributed by atoms with E-state index >= 15 is 0 Å². The van der Waals surface area contributed by atoms with Crippen molar-refractivity contribution in [3.63, 3.8) is 0 Å². The zero-order valence-corrected chi connectivity index (χ0v) is 15.0. The Morgan fingerprint density at radius 3 is 2.48 bits per heavy atom. The van der Waals surface area contributed by atoms with Crippen molar-refractivity contribution >= 4 is 28.3 Å². The molecule has 7 heteroatoms. The molecule has 0 N–H and O–H groups in total. The molecule has 3 nitrogen and oxygen atoms in total. The van der Waals surface area contributed by atoms with Crippen LogP contribution in [0.4, 0.5) is 13.2 Å². The molecule has 0 aliphatic rings. The van der Waals surface area contributed by atoms with Gasteiger partial charge in [0.05, 0.1) is 22.6 Å².